The van der Waals surface area contributed by atoms with Crippen LogP contribution >= 0.6 is 0 Å². The highest BCUT2D eigenvalue weighted by atomic mass is 32.2. The Balaban J connectivity index is 1.59. The van der Waals surface area contributed by atoms with E-state index in [9.17, 15) is 13.2 Å². The Morgan fingerprint density at radius 1 is 1.07 bits per heavy atom. The predicted molar refractivity (Wildman–Crippen MR) is 109 cm³/mol. The second-order valence-electron chi connectivity index (χ2n) is 6.96. The lowest BCUT2D eigenvalue weighted by atomic mass is 10.0. The van der Waals surface area contributed by atoms with Gasteiger partial charge < -0.3 is 5.32 Å². The molecule has 0 radical (unpaired) electrons. The van der Waals surface area contributed by atoms with Crippen molar-refractivity contribution in [2.24, 2.45) is 5.92 Å². The van der Waals surface area contributed by atoms with Gasteiger partial charge in [-0.3, -0.25) is 4.79 Å². The van der Waals surface area contributed by atoms with E-state index in [4.69, 9.17) is 0 Å². The molecule has 1 amide bonds. The number of benzene rings is 2. The van der Waals surface area contributed by atoms with Crippen molar-refractivity contribution >= 4 is 15.9 Å². The Morgan fingerprint density at radius 3 is 2.36 bits per heavy atom. The highest BCUT2D eigenvalue weighted by molar-refractivity contribution is 7.89. The van der Waals surface area contributed by atoms with E-state index < -0.39 is 10.0 Å². The zero-order valence-corrected chi connectivity index (χ0v) is 16.7. The summed E-state index contributed by atoms with van der Waals surface area (Å²) < 4.78 is 27.0. The van der Waals surface area contributed by atoms with Crippen LogP contribution in [-0.4, -0.2) is 38.3 Å². The number of hydrogen-bond donors (Lipinski definition) is 1. The van der Waals surface area contributed by atoms with Gasteiger partial charge in [0.05, 0.1) is 11.4 Å². The molecule has 3 rings (SSSR count). The number of nitrogens with zero attached hydrogens (tertiary/aromatic N) is 1. The van der Waals surface area contributed by atoms with Crippen LogP contribution in [0.25, 0.3) is 0 Å². The van der Waals surface area contributed by atoms with Gasteiger partial charge in [0.2, 0.25) is 10.0 Å². The summed E-state index contributed by atoms with van der Waals surface area (Å²) in [6.45, 7) is 3.46. The normalized spacial score (nSPS) is 15.5. The maximum atomic E-state index is 12.7. The van der Waals surface area contributed by atoms with Gasteiger partial charge in [-0.25, -0.2) is 8.42 Å². The van der Waals surface area contributed by atoms with Crippen molar-refractivity contribution in [1.82, 2.24) is 9.62 Å². The van der Waals surface area contributed by atoms with Gasteiger partial charge in [0.15, 0.2) is 0 Å². The number of rotatable bonds is 4. The monoisotopic (exact) mass is 396 g/mol. The average Bonchev–Trinajstić information content (AvgIpc) is 2.72. The molecule has 1 aliphatic heterocycles. The fourth-order valence-corrected chi connectivity index (χ4v) is 4.52. The van der Waals surface area contributed by atoms with Crippen LogP contribution in [0.1, 0.15) is 35.7 Å². The molecule has 0 aromatic heterocycles. The summed E-state index contributed by atoms with van der Waals surface area (Å²) in [7, 11) is -3.50. The molecular weight excluding hydrogens is 372 g/mol. The summed E-state index contributed by atoms with van der Waals surface area (Å²) in [5.74, 6) is 6.15. The minimum atomic E-state index is -3.50. The first kappa shape index (κ1) is 20.1. The highest BCUT2D eigenvalue weighted by Gasteiger charge is 2.28. The molecule has 2 aromatic rings. The molecule has 0 spiro atoms. The van der Waals surface area contributed by atoms with Crippen LogP contribution in [0.5, 0.6) is 0 Å². The largest absolute Gasteiger partial charge is 0.341 e. The van der Waals surface area contributed by atoms with Gasteiger partial charge in [0.25, 0.3) is 5.91 Å². The molecule has 6 heteroatoms. The van der Waals surface area contributed by atoms with Gasteiger partial charge >= 0.3 is 0 Å². The number of piperidine rings is 1. The molecule has 0 saturated carbocycles. The quantitative estimate of drug-likeness (QED) is 0.808. The van der Waals surface area contributed by atoms with Crippen LogP contribution in [0.2, 0.25) is 0 Å². The van der Waals surface area contributed by atoms with Gasteiger partial charge in [-0.2, -0.15) is 4.31 Å². The van der Waals surface area contributed by atoms with Crippen LogP contribution < -0.4 is 5.32 Å². The molecule has 28 heavy (non-hydrogen) atoms. The first-order valence-electron chi connectivity index (χ1n) is 9.39. The Morgan fingerprint density at radius 2 is 1.71 bits per heavy atom. The van der Waals surface area contributed by atoms with Crippen LogP contribution in [0.4, 0.5) is 0 Å². The lowest BCUT2D eigenvalue weighted by Crippen LogP contribution is -2.37. The molecular formula is C22H24N2O3S. The van der Waals surface area contributed by atoms with Crippen molar-refractivity contribution in [3.8, 4) is 11.8 Å². The number of carbonyl (C=O) groups excluding carboxylic acids is 1. The van der Waals surface area contributed by atoms with Crippen molar-refractivity contribution < 1.29 is 13.2 Å². The van der Waals surface area contributed by atoms with Crippen LogP contribution in [-0.2, 0) is 10.0 Å². The first-order valence-corrected chi connectivity index (χ1v) is 10.8. The Hall–Kier alpha value is -2.62. The lowest BCUT2D eigenvalue weighted by molar-refractivity contribution is 0.0958. The molecule has 0 aliphatic carbocycles. The third-order valence-electron chi connectivity index (χ3n) is 4.84. The van der Waals surface area contributed by atoms with Crippen molar-refractivity contribution in [2.75, 3.05) is 19.6 Å². The third kappa shape index (κ3) is 5.00. The Bertz CT molecular complexity index is 966. The number of amides is 1. The Kier molecular flexibility index (Phi) is 6.50. The van der Waals surface area contributed by atoms with Crippen LogP contribution in [0, 0.1) is 17.8 Å². The number of carbonyl (C=O) groups is 1. The summed E-state index contributed by atoms with van der Waals surface area (Å²) in [5, 5.41) is 2.72. The molecule has 1 aliphatic rings. The summed E-state index contributed by atoms with van der Waals surface area (Å²) in [5.41, 5.74) is 1.30. The minimum Gasteiger partial charge on any atom is -0.341 e. The molecule has 146 valence electrons. The highest BCUT2D eigenvalue weighted by Crippen LogP contribution is 2.23. The van der Waals surface area contributed by atoms with Crippen LogP contribution in [0.3, 0.4) is 0 Å². The average molecular weight is 397 g/mol. The van der Waals surface area contributed by atoms with Crippen molar-refractivity contribution in [3.05, 3.63) is 65.7 Å². The standard InChI is InChI=1S/C22H24N2O3S/c1-18-13-16-24(17-14-18)28(26,27)21-11-9-20(10-12-21)22(25)23-15-5-8-19-6-3-2-4-7-19/h2-4,6-7,9-12,18H,13-17H2,1H3,(H,23,25). The molecule has 1 fully saturated rings. The topological polar surface area (TPSA) is 66.5 Å². The van der Waals surface area contributed by atoms with Gasteiger partial charge in [0, 0.05) is 24.2 Å². The zero-order chi connectivity index (χ0) is 20.0. The molecule has 1 N–H and O–H groups in total. The fraction of sp³-hybridized carbons (Fsp3) is 0.318. The smallest absolute Gasteiger partial charge is 0.252 e. The molecule has 1 heterocycles. The molecule has 0 unspecified atom stereocenters. The molecule has 5 nitrogen and oxygen atoms in total. The molecule has 1 saturated heterocycles. The third-order valence-corrected chi connectivity index (χ3v) is 6.75. The van der Waals surface area contributed by atoms with E-state index in [2.05, 4.69) is 24.1 Å². The predicted octanol–water partition coefficient (Wildman–Crippen LogP) is 2.89. The molecule has 2 aromatic carbocycles. The number of sulfonamides is 1. The Labute approximate surface area is 166 Å². The fourth-order valence-electron chi connectivity index (χ4n) is 3.05. The van der Waals surface area contributed by atoms with Crippen molar-refractivity contribution in [3.63, 3.8) is 0 Å². The SMILES string of the molecule is CC1CCN(S(=O)(=O)c2ccc(C(=O)NCC#Cc3ccccc3)cc2)CC1. The van der Waals surface area contributed by atoms with E-state index in [0.717, 1.165) is 18.4 Å². The molecule has 0 bridgehead atoms. The van der Waals surface area contributed by atoms with Gasteiger partial charge in [-0.15, -0.1) is 0 Å². The van der Waals surface area contributed by atoms with Gasteiger partial charge in [0.1, 0.15) is 0 Å². The second-order valence-corrected chi connectivity index (χ2v) is 8.90. The van der Waals surface area contributed by atoms with E-state index in [0.29, 0.717) is 24.6 Å². The summed E-state index contributed by atoms with van der Waals surface area (Å²) >= 11 is 0. The summed E-state index contributed by atoms with van der Waals surface area (Å²) in [6, 6.07) is 15.6. The summed E-state index contributed by atoms with van der Waals surface area (Å²) in [6.07, 6.45) is 1.76. The van der Waals surface area contributed by atoms with E-state index in [1.54, 1.807) is 12.1 Å². The van der Waals surface area contributed by atoms with Crippen molar-refractivity contribution in [2.45, 2.75) is 24.7 Å². The zero-order valence-electron chi connectivity index (χ0n) is 15.9. The summed E-state index contributed by atoms with van der Waals surface area (Å²) in [4.78, 5) is 12.4. The minimum absolute atomic E-state index is 0.222. The van der Waals surface area contributed by atoms with E-state index in [1.807, 2.05) is 30.3 Å². The lowest BCUT2D eigenvalue weighted by Gasteiger charge is -2.29. The van der Waals surface area contributed by atoms with Crippen LogP contribution in [0.15, 0.2) is 59.5 Å². The van der Waals surface area contributed by atoms with Gasteiger partial charge in [-0.1, -0.05) is 37.0 Å². The van der Waals surface area contributed by atoms with E-state index in [1.165, 1.54) is 16.4 Å². The second kappa shape index (κ2) is 9.05. The number of nitrogens with one attached hydrogen (secondary N) is 1. The van der Waals surface area contributed by atoms with E-state index >= 15 is 0 Å². The number of hydrogen-bond acceptors (Lipinski definition) is 3. The van der Waals surface area contributed by atoms with Crippen molar-refractivity contribution in [1.29, 1.82) is 0 Å². The van der Waals surface area contributed by atoms with E-state index in [-0.39, 0.29) is 17.3 Å². The maximum Gasteiger partial charge on any atom is 0.252 e. The first-order chi connectivity index (χ1) is 13.5. The van der Waals surface area contributed by atoms with Gasteiger partial charge in [-0.05, 0) is 55.2 Å². The molecule has 0 atom stereocenters. The maximum absolute atomic E-state index is 12.7.